The lowest BCUT2D eigenvalue weighted by atomic mass is 10.0. The van der Waals surface area contributed by atoms with Gasteiger partial charge in [0.25, 0.3) is 0 Å². The first-order chi connectivity index (χ1) is 9.99. The summed E-state index contributed by atoms with van der Waals surface area (Å²) in [5.41, 5.74) is 5.87. The van der Waals surface area contributed by atoms with Gasteiger partial charge in [0.05, 0.1) is 25.5 Å². The fraction of sp³-hybridized carbons (Fsp3) is 0.133. The topological polar surface area (TPSA) is 61.5 Å². The predicted molar refractivity (Wildman–Crippen MR) is 78.8 cm³/mol. The normalized spacial score (nSPS) is 10.3. The van der Waals surface area contributed by atoms with Gasteiger partial charge < -0.3 is 15.2 Å². The predicted octanol–water partition coefficient (Wildman–Crippen LogP) is 3.31. The summed E-state index contributed by atoms with van der Waals surface area (Å²) >= 11 is 6.12. The molecular weight excluding hydrogens is 297 g/mol. The van der Waals surface area contributed by atoms with E-state index in [1.807, 2.05) is 0 Å². The molecule has 0 saturated carbocycles. The molecule has 6 heteroatoms. The highest BCUT2D eigenvalue weighted by Crippen LogP contribution is 2.37. The average molecular weight is 310 g/mol. The highest BCUT2D eigenvalue weighted by molar-refractivity contribution is 6.34. The molecule has 2 aromatic rings. The van der Waals surface area contributed by atoms with Gasteiger partial charge in [0, 0.05) is 5.56 Å². The van der Waals surface area contributed by atoms with Gasteiger partial charge in [-0.3, -0.25) is 4.79 Å². The van der Waals surface area contributed by atoms with Crippen LogP contribution in [0.3, 0.4) is 0 Å². The number of nitrogens with two attached hydrogens (primary N) is 1. The van der Waals surface area contributed by atoms with E-state index >= 15 is 0 Å². The molecule has 0 fully saturated rings. The van der Waals surface area contributed by atoms with Gasteiger partial charge in [0.1, 0.15) is 16.6 Å². The van der Waals surface area contributed by atoms with Crippen molar-refractivity contribution in [2.24, 2.45) is 0 Å². The molecule has 0 aliphatic heterocycles. The van der Waals surface area contributed by atoms with E-state index in [0.29, 0.717) is 5.75 Å². The zero-order valence-corrected chi connectivity index (χ0v) is 12.2. The van der Waals surface area contributed by atoms with Crippen LogP contribution in [-0.2, 0) is 0 Å². The monoisotopic (exact) mass is 309 g/mol. The van der Waals surface area contributed by atoms with Crippen molar-refractivity contribution in [2.75, 3.05) is 20.0 Å². The Morgan fingerprint density at radius 2 is 1.90 bits per heavy atom. The minimum absolute atomic E-state index is 0.0978. The summed E-state index contributed by atoms with van der Waals surface area (Å²) in [6.45, 7) is 0. The van der Waals surface area contributed by atoms with Crippen LogP contribution in [0.1, 0.15) is 15.9 Å². The quantitative estimate of drug-likeness (QED) is 0.695. The van der Waals surface area contributed by atoms with Crippen LogP contribution in [0.15, 0.2) is 30.3 Å². The van der Waals surface area contributed by atoms with E-state index < -0.39 is 5.82 Å². The van der Waals surface area contributed by atoms with Gasteiger partial charge in [-0.05, 0) is 30.3 Å². The molecule has 21 heavy (non-hydrogen) atoms. The summed E-state index contributed by atoms with van der Waals surface area (Å²) in [6.07, 6.45) is 0. The Bertz CT molecular complexity index is 704. The van der Waals surface area contributed by atoms with E-state index in [2.05, 4.69) is 0 Å². The first-order valence-corrected chi connectivity index (χ1v) is 6.37. The van der Waals surface area contributed by atoms with Crippen molar-refractivity contribution in [3.63, 3.8) is 0 Å². The maximum Gasteiger partial charge on any atom is 0.196 e. The Labute approximate surface area is 126 Å². The van der Waals surface area contributed by atoms with Crippen molar-refractivity contribution in [3.05, 3.63) is 52.3 Å². The fourth-order valence-corrected chi connectivity index (χ4v) is 2.23. The van der Waals surface area contributed by atoms with Crippen LogP contribution in [0.2, 0.25) is 5.02 Å². The van der Waals surface area contributed by atoms with Gasteiger partial charge in [0.15, 0.2) is 11.5 Å². The number of ketones is 1. The van der Waals surface area contributed by atoms with Gasteiger partial charge in [-0.25, -0.2) is 4.39 Å². The standard InChI is InChI=1S/C15H13ClFNO3/c1-20-12-6-4-9(15(21-2)13(12)16)14(19)8-3-5-10(17)11(18)7-8/h3-7H,18H2,1-2H3. The first-order valence-electron chi connectivity index (χ1n) is 5.99. The number of ether oxygens (including phenoxy) is 2. The third-order valence-electron chi connectivity index (χ3n) is 2.99. The Hall–Kier alpha value is -2.27. The third-order valence-corrected chi connectivity index (χ3v) is 3.35. The van der Waals surface area contributed by atoms with Crippen molar-refractivity contribution in [2.45, 2.75) is 0 Å². The van der Waals surface area contributed by atoms with E-state index in [0.717, 1.165) is 6.07 Å². The molecule has 0 bridgehead atoms. The van der Waals surface area contributed by atoms with E-state index in [1.165, 1.54) is 32.4 Å². The van der Waals surface area contributed by atoms with Crippen molar-refractivity contribution in [1.29, 1.82) is 0 Å². The highest BCUT2D eigenvalue weighted by atomic mass is 35.5. The van der Waals surface area contributed by atoms with Gasteiger partial charge in [-0.15, -0.1) is 0 Å². The molecule has 0 aromatic heterocycles. The molecule has 2 N–H and O–H groups in total. The summed E-state index contributed by atoms with van der Waals surface area (Å²) in [5, 5.41) is 0.195. The molecule has 0 unspecified atom stereocenters. The maximum absolute atomic E-state index is 13.2. The average Bonchev–Trinajstić information content (AvgIpc) is 2.49. The number of benzene rings is 2. The first kappa shape index (κ1) is 15.1. The van der Waals surface area contributed by atoms with Crippen molar-refractivity contribution < 1.29 is 18.7 Å². The van der Waals surface area contributed by atoms with Gasteiger partial charge in [-0.2, -0.15) is 0 Å². The van der Waals surface area contributed by atoms with Crippen LogP contribution in [0.5, 0.6) is 11.5 Å². The maximum atomic E-state index is 13.2. The summed E-state index contributed by atoms with van der Waals surface area (Å²) in [4.78, 5) is 12.5. The fourth-order valence-electron chi connectivity index (χ4n) is 1.91. The summed E-state index contributed by atoms with van der Waals surface area (Å²) in [5.74, 6) is -0.359. The number of hydrogen-bond donors (Lipinski definition) is 1. The Morgan fingerprint density at radius 1 is 1.19 bits per heavy atom. The Morgan fingerprint density at radius 3 is 2.48 bits per heavy atom. The molecule has 0 aliphatic carbocycles. The molecule has 0 atom stereocenters. The lowest BCUT2D eigenvalue weighted by Gasteiger charge is -2.12. The van der Waals surface area contributed by atoms with Crippen LogP contribution in [0, 0.1) is 5.82 Å². The number of rotatable bonds is 4. The smallest absolute Gasteiger partial charge is 0.196 e. The zero-order valence-electron chi connectivity index (χ0n) is 11.4. The molecule has 0 heterocycles. The van der Waals surface area contributed by atoms with E-state index in [4.69, 9.17) is 26.8 Å². The zero-order chi connectivity index (χ0) is 15.6. The van der Waals surface area contributed by atoms with Crippen LogP contribution in [-0.4, -0.2) is 20.0 Å². The summed E-state index contributed by atoms with van der Waals surface area (Å²) in [6, 6.07) is 6.86. The van der Waals surface area contributed by atoms with Crippen molar-refractivity contribution in [1.82, 2.24) is 0 Å². The third kappa shape index (κ3) is 2.78. The second-order valence-electron chi connectivity index (χ2n) is 4.23. The lowest BCUT2D eigenvalue weighted by Crippen LogP contribution is -2.06. The molecule has 0 saturated heterocycles. The number of halogens is 2. The number of hydrogen-bond acceptors (Lipinski definition) is 4. The van der Waals surface area contributed by atoms with E-state index in [9.17, 15) is 9.18 Å². The molecule has 2 aromatic carbocycles. The molecule has 0 amide bonds. The minimum Gasteiger partial charge on any atom is -0.495 e. The van der Waals surface area contributed by atoms with Crippen LogP contribution >= 0.6 is 11.6 Å². The summed E-state index contributed by atoms with van der Waals surface area (Å²) in [7, 11) is 2.86. The highest BCUT2D eigenvalue weighted by Gasteiger charge is 2.20. The summed E-state index contributed by atoms with van der Waals surface area (Å²) < 4.78 is 23.4. The SMILES string of the molecule is COc1ccc(C(=O)c2ccc(F)c(N)c2)c(OC)c1Cl. The number of anilines is 1. The van der Waals surface area contributed by atoms with Crippen LogP contribution in [0.4, 0.5) is 10.1 Å². The Kier molecular flexibility index (Phi) is 4.33. The largest absolute Gasteiger partial charge is 0.495 e. The molecule has 0 aliphatic rings. The molecule has 0 radical (unpaired) electrons. The van der Waals surface area contributed by atoms with Gasteiger partial charge >= 0.3 is 0 Å². The molecular formula is C15H13ClFNO3. The van der Waals surface area contributed by atoms with Gasteiger partial charge in [-0.1, -0.05) is 11.6 Å². The molecule has 2 rings (SSSR count). The number of methoxy groups -OCH3 is 2. The lowest BCUT2D eigenvalue weighted by molar-refractivity contribution is 0.103. The van der Waals surface area contributed by atoms with Gasteiger partial charge in [0.2, 0.25) is 0 Å². The van der Waals surface area contributed by atoms with E-state index in [-0.39, 0.29) is 33.4 Å². The van der Waals surface area contributed by atoms with E-state index in [1.54, 1.807) is 6.07 Å². The number of carbonyl (C=O) groups is 1. The van der Waals surface area contributed by atoms with Crippen molar-refractivity contribution in [3.8, 4) is 11.5 Å². The van der Waals surface area contributed by atoms with Crippen LogP contribution < -0.4 is 15.2 Å². The number of nitrogen functional groups attached to an aromatic ring is 1. The molecule has 4 nitrogen and oxygen atoms in total. The van der Waals surface area contributed by atoms with Crippen molar-refractivity contribution >= 4 is 23.1 Å². The molecule has 0 spiro atoms. The molecule has 110 valence electrons. The number of carbonyl (C=O) groups excluding carboxylic acids is 1. The minimum atomic E-state index is -0.578. The van der Waals surface area contributed by atoms with Crippen LogP contribution in [0.25, 0.3) is 0 Å². The Balaban J connectivity index is 2.52. The second kappa shape index (κ2) is 6.01. The second-order valence-corrected chi connectivity index (χ2v) is 4.61.